The van der Waals surface area contributed by atoms with Crippen molar-refractivity contribution in [1.29, 1.82) is 5.26 Å². The summed E-state index contributed by atoms with van der Waals surface area (Å²) in [6, 6.07) is 14.8. The molecule has 8 heteroatoms. The summed E-state index contributed by atoms with van der Waals surface area (Å²) in [4.78, 5) is 24.7. The number of anilines is 1. The van der Waals surface area contributed by atoms with Crippen LogP contribution >= 0.6 is 23.4 Å². The van der Waals surface area contributed by atoms with Crippen molar-refractivity contribution in [2.24, 2.45) is 0 Å². The van der Waals surface area contributed by atoms with Crippen molar-refractivity contribution in [2.45, 2.75) is 19.3 Å². The Kier molecular flexibility index (Phi) is 7.03. The molecule has 1 aliphatic rings. The lowest BCUT2D eigenvalue weighted by atomic mass is 9.86. The van der Waals surface area contributed by atoms with Gasteiger partial charge in [-0.25, -0.2) is 0 Å². The first kappa shape index (κ1) is 21.8. The normalized spacial score (nSPS) is 15.9. The smallest absolute Gasteiger partial charge is 0.234 e. The summed E-state index contributed by atoms with van der Waals surface area (Å²) >= 11 is 7.21. The molecule has 154 valence electrons. The van der Waals surface area contributed by atoms with E-state index in [-0.39, 0.29) is 24.0 Å². The zero-order chi connectivity index (χ0) is 21.7. The molecule has 1 heterocycles. The van der Waals surface area contributed by atoms with E-state index >= 15 is 0 Å². The second kappa shape index (κ2) is 9.70. The van der Waals surface area contributed by atoms with Gasteiger partial charge in [-0.1, -0.05) is 47.6 Å². The summed E-state index contributed by atoms with van der Waals surface area (Å²) in [6.07, 6.45) is 0.140. The molecule has 0 saturated carbocycles. The Morgan fingerprint density at radius 3 is 2.83 bits per heavy atom. The van der Waals surface area contributed by atoms with Gasteiger partial charge in [0, 0.05) is 28.6 Å². The highest BCUT2D eigenvalue weighted by atomic mass is 35.5. The molecular formula is C22H20ClN3O3S. The average Bonchev–Trinajstić information content (AvgIpc) is 2.74. The van der Waals surface area contributed by atoms with Gasteiger partial charge in [-0.05, 0) is 30.7 Å². The molecule has 0 aliphatic carbocycles. The number of rotatable bonds is 6. The van der Waals surface area contributed by atoms with E-state index < -0.39 is 5.92 Å². The molecular weight excluding hydrogens is 422 g/mol. The van der Waals surface area contributed by atoms with Crippen LogP contribution in [0.1, 0.15) is 23.5 Å². The van der Waals surface area contributed by atoms with Crippen LogP contribution < -0.4 is 15.4 Å². The van der Waals surface area contributed by atoms with Crippen LogP contribution in [0, 0.1) is 18.3 Å². The van der Waals surface area contributed by atoms with Crippen LogP contribution in [0.2, 0.25) is 5.02 Å². The SMILES string of the molecule is COc1ccccc1C1CC(=O)NC(SCC(=O)Nc2ccc(C)c(Cl)c2)=C1C#N. The van der Waals surface area contributed by atoms with Gasteiger partial charge in [0.2, 0.25) is 11.8 Å². The van der Waals surface area contributed by atoms with Gasteiger partial charge in [0.25, 0.3) is 0 Å². The van der Waals surface area contributed by atoms with Crippen molar-refractivity contribution in [3.8, 4) is 11.8 Å². The van der Waals surface area contributed by atoms with Crippen LogP contribution in [0.25, 0.3) is 0 Å². The van der Waals surface area contributed by atoms with Crippen molar-refractivity contribution >= 4 is 40.9 Å². The first-order valence-corrected chi connectivity index (χ1v) is 10.5. The van der Waals surface area contributed by atoms with Crippen LogP contribution in [-0.2, 0) is 9.59 Å². The van der Waals surface area contributed by atoms with Gasteiger partial charge in [0.1, 0.15) is 5.75 Å². The summed E-state index contributed by atoms with van der Waals surface area (Å²) in [7, 11) is 1.55. The lowest BCUT2D eigenvalue weighted by Crippen LogP contribution is -2.31. The number of benzene rings is 2. The summed E-state index contributed by atoms with van der Waals surface area (Å²) in [6.45, 7) is 1.88. The number of methoxy groups -OCH3 is 1. The first-order valence-electron chi connectivity index (χ1n) is 9.18. The Hall–Kier alpha value is -2.95. The number of aryl methyl sites for hydroxylation is 1. The number of allylic oxidation sites excluding steroid dienone is 1. The molecule has 3 rings (SSSR count). The average molecular weight is 442 g/mol. The van der Waals surface area contributed by atoms with Crippen molar-refractivity contribution in [3.05, 3.63) is 69.2 Å². The third-order valence-corrected chi connectivity index (χ3v) is 6.10. The van der Waals surface area contributed by atoms with E-state index in [2.05, 4.69) is 16.7 Å². The second-order valence-corrected chi connectivity index (χ2v) is 8.10. The predicted octanol–water partition coefficient (Wildman–Crippen LogP) is 4.37. The zero-order valence-electron chi connectivity index (χ0n) is 16.5. The molecule has 1 aliphatic heterocycles. The van der Waals surface area contributed by atoms with E-state index in [1.807, 2.05) is 31.2 Å². The van der Waals surface area contributed by atoms with Crippen LogP contribution in [0.15, 0.2) is 53.1 Å². The minimum atomic E-state index is -0.429. The van der Waals surface area contributed by atoms with Crippen LogP contribution in [-0.4, -0.2) is 24.7 Å². The summed E-state index contributed by atoms with van der Waals surface area (Å²) in [5.74, 6) is -0.258. The van der Waals surface area contributed by atoms with Gasteiger partial charge in [0.15, 0.2) is 0 Å². The predicted molar refractivity (Wildman–Crippen MR) is 118 cm³/mol. The Morgan fingerprint density at radius 2 is 2.13 bits per heavy atom. The minimum absolute atomic E-state index is 0.0327. The van der Waals surface area contributed by atoms with Crippen LogP contribution in [0.4, 0.5) is 5.69 Å². The van der Waals surface area contributed by atoms with Gasteiger partial charge >= 0.3 is 0 Å². The minimum Gasteiger partial charge on any atom is -0.496 e. The molecule has 0 saturated heterocycles. The maximum absolute atomic E-state index is 12.4. The maximum Gasteiger partial charge on any atom is 0.234 e. The van der Waals surface area contributed by atoms with Crippen molar-refractivity contribution in [3.63, 3.8) is 0 Å². The van der Waals surface area contributed by atoms with E-state index in [0.29, 0.717) is 27.1 Å². The van der Waals surface area contributed by atoms with Gasteiger partial charge < -0.3 is 15.4 Å². The van der Waals surface area contributed by atoms with Gasteiger partial charge in [-0.15, -0.1) is 0 Å². The highest BCUT2D eigenvalue weighted by molar-refractivity contribution is 8.03. The molecule has 2 aromatic rings. The number of hydrogen-bond donors (Lipinski definition) is 2. The monoisotopic (exact) mass is 441 g/mol. The topological polar surface area (TPSA) is 91.2 Å². The number of nitriles is 1. The number of amides is 2. The fourth-order valence-electron chi connectivity index (χ4n) is 3.16. The Balaban J connectivity index is 1.78. The molecule has 0 radical (unpaired) electrons. The molecule has 0 fully saturated rings. The number of ether oxygens (including phenoxy) is 1. The Bertz CT molecular complexity index is 1060. The molecule has 6 nitrogen and oxygen atoms in total. The van der Waals surface area contributed by atoms with Gasteiger partial charge in [0.05, 0.1) is 29.5 Å². The molecule has 30 heavy (non-hydrogen) atoms. The van der Waals surface area contributed by atoms with E-state index in [4.69, 9.17) is 16.3 Å². The largest absolute Gasteiger partial charge is 0.496 e. The summed E-state index contributed by atoms with van der Waals surface area (Å²) in [5, 5.41) is 16.2. The number of thioether (sulfide) groups is 1. The highest BCUT2D eigenvalue weighted by Crippen LogP contribution is 2.39. The van der Waals surface area contributed by atoms with Crippen molar-refractivity contribution in [2.75, 3.05) is 18.2 Å². The number of halogens is 1. The van der Waals surface area contributed by atoms with E-state index in [1.54, 1.807) is 25.3 Å². The fraction of sp³-hybridized carbons (Fsp3) is 0.227. The third-order valence-electron chi connectivity index (χ3n) is 4.67. The highest BCUT2D eigenvalue weighted by Gasteiger charge is 2.31. The lowest BCUT2D eigenvalue weighted by molar-refractivity contribution is -0.121. The first-order chi connectivity index (χ1) is 14.4. The van der Waals surface area contributed by atoms with Gasteiger partial charge in [-0.2, -0.15) is 5.26 Å². The van der Waals surface area contributed by atoms with Crippen LogP contribution in [0.3, 0.4) is 0 Å². The number of hydrogen-bond acceptors (Lipinski definition) is 5. The number of para-hydroxylation sites is 1. The Labute approximate surface area is 184 Å². The quantitative estimate of drug-likeness (QED) is 0.694. The zero-order valence-corrected chi connectivity index (χ0v) is 18.1. The standard InChI is InChI=1S/C22H20ClN3O3S/c1-13-7-8-14(9-18(13)23)25-21(28)12-30-22-17(11-24)16(10-20(27)26-22)15-5-3-4-6-19(15)29-2/h3-9,16H,10,12H2,1-2H3,(H,25,28)(H,26,27). The van der Waals surface area contributed by atoms with E-state index in [1.165, 1.54) is 0 Å². The molecule has 0 bridgehead atoms. The maximum atomic E-state index is 12.4. The van der Waals surface area contributed by atoms with Gasteiger partial charge in [-0.3, -0.25) is 9.59 Å². The summed E-state index contributed by atoms with van der Waals surface area (Å²) in [5.41, 5.74) is 2.68. The molecule has 1 unspecified atom stereocenters. The molecule has 0 spiro atoms. The number of nitrogens with one attached hydrogen (secondary N) is 2. The Morgan fingerprint density at radius 1 is 1.37 bits per heavy atom. The fourth-order valence-corrected chi connectivity index (χ4v) is 4.22. The third kappa shape index (κ3) is 4.96. The molecule has 2 aromatic carbocycles. The van der Waals surface area contributed by atoms with E-state index in [9.17, 15) is 14.9 Å². The molecule has 2 amide bonds. The number of carbonyl (C=O) groups is 2. The number of carbonyl (C=O) groups excluding carboxylic acids is 2. The lowest BCUT2D eigenvalue weighted by Gasteiger charge is -2.26. The number of nitrogens with zero attached hydrogens (tertiary/aromatic N) is 1. The van der Waals surface area contributed by atoms with E-state index in [0.717, 1.165) is 22.9 Å². The van der Waals surface area contributed by atoms with Crippen molar-refractivity contribution in [1.82, 2.24) is 5.32 Å². The molecule has 2 N–H and O–H groups in total. The summed E-state index contributed by atoms with van der Waals surface area (Å²) < 4.78 is 5.40. The second-order valence-electron chi connectivity index (χ2n) is 6.70. The van der Waals surface area contributed by atoms with Crippen LogP contribution in [0.5, 0.6) is 5.75 Å². The molecule has 1 atom stereocenters. The molecule has 0 aromatic heterocycles. The van der Waals surface area contributed by atoms with Crippen molar-refractivity contribution < 1.29 is 14.3 Å².